The molecule has 33 heavy (non-hydrogen) atoms. The minimum absolute atomic E-state index is 0.157. The first-order valence-corrected chi connectivity index (χ1v) is 11.7. The van der Waals surface area contributed by atoms with E-state index in [4.69, 9.17) is 0 Å². The van der Waals surface area contributed by atoms with Gasteiger partial charge in [0.1, 0.15) is 17.6 Å². The molecule has 2 aromatic heterocycles. The molecular formula is C18H16F3N5O5S2. The molecule has 0 spiro atoms. The first kappa shape index (κ1) is 23.1. The van der Waals surface area contributed by atoms with Crippen LogP contribution in [0.4, 0.5) is 18.3 Å². The number of benzene rings is 1. The number of fused-ring (bicyclic) bond motifs is 1. The summed E-state index contributed by atoms with van der Waals surface area (Å²) >= 11 is 1.26. The standard InChI is InChI=1S/C18H16F3N5O5S2/c1-10-22-8-14-15(23-10)24-17(32-14)25-6-7-26(13(9-25)16(27)28)33(29,30)12-4-2-11(3-5-12)31-18(19,20)21/h2-5,8,13H,6-7,9H2,1H3,(H,27,28)/t13-/m1/s1. The number of hydrogen-bond acceptors (Lipinski definition) is 9. The number of thiazole rings is 1. The average Bonchev–Trinajstić information content (AvgIpc) is 3.15. The Labute approximate surface area is 189 Å². The van der Waals surface area contributed by atoms with Crippen molar-refractivity contribution < 1.29 is 36.2 Å². The molecule has 1 N–H and O–H groups in total. The minimum Gasteiger partial charge on any atom is -0.480 e. The summed E-state index contributed by atoms with van der Waals surface area (Å²) in [5.41, 5.74) is 0.464. The van der Waals surface area contributed by atoms with Crippen LogP contribution < -0.4 is 9.64 Å². The molecule has 0 saturated carbocycles. The number of carboxylic acids is 1. The summed E-state index contributed by atoms with van der Waals surface area (Å²) in [5.74, 6) is -1.42. The molecule has 1 aliphatic heterocycles. The molecule has 3 aromatic rings. The van der Waals surface area contributed by atoms with Gasteiger partial charge in [-0.1, -0.05) is 11.3 Å². The zero-order chi connectivity index (χ0) is 24.0. The maximum Gasteiger partial charge on any atom is 0.573 e. The summed E-state index contributed by atoms with van der Waals surface area (Å²) in [7, 11) is -4.30. The van der Waals surface area contributed by atoms with Crippen LogP contribution in [0.2, 0.25) is 0 Å². The van der Waals surface area contributed by atoms with Crippen molar-refractivity contribution in [3.8, 4) is 5.75 Å². The second kappa shape index (κ2) is 8.39. The van der Waals surface area contributed by atoms with Crippen molar-refractivity contribution in [2.75, 3.05) is 24.5 Å². The quantitative estimate of drug-likeness (QED) is 0.558. The van der Waals surface area contributed by atoms with Gasteiger partial charge in [-0.05, 0) is 31.2 Å². The van der Waals surface area contributed by atoms with Crippen molar-refractivity contribution in [1.82, 2.24) is 19.3 Å². The fourth-order valence-corrected chi connectivity index (χ4v) is 5.80. The van der Waals surface area contributed by atoms with Gasteiger partial charge >= 0.3 is 12.3 Å². The normalized spacial score (nSPS) is 17.9. The number of aromatic nitrogens is 3. The molecule has 1 fully saturated rings. The van der Waals surface area contributed by atoms with Crippen LogP contribution in [0, 0.1) is 6.92 Å². The van der Waals surface area contributed by atoms with E-state index in [0.29, 0.717) is 21.3 Å². The van der Waals surface area contributed by atoms with Crippen LogP contribution in [0.15, 0.2) is 35.4 Å². The van der Waals surface area contributed by atoms with Gasteiger partial charge in [0.05, 0.1) is 15.8 Å². The summed E-state index contributed by atoms with van der Waals surface area (Å²) in [6, 6.07) is 2.16. The number of alkyl halides is 3. The van der Waals surface area contributed by atoms with Gasteiger partial charge in [-0.2, -0.15) is 9.29 Å². The van der Waals surface area contributed by atoms with Gasteiger partial charge in [-0.3, -0.25) is 4.79 Å². The van der Waals surface area contributed by atoms with Crippen molar-refractivity contribution in [3.05, 3.63) is 36.3 Å². The lowest BCUT2D eigenvalue weighted by Crippen LogP contribution is -2.58. The lowest BCUT2D eigenvalue weighted by atomic mass is 10.2. The van der Waals surface area contributed by atoms with Gasteiger partial charge in [0.25, 0.3) is 0 Å². The molecule has 0 bridgehead atoms. The van der Waals surface area contributed by atoms with E-state index < -0.39 is 34.1 Å². The molecule has 4 rings (SSSR count). The number of piperazine rings is 1. The van der Waals surface area contributed by atoms with E-state index in [0.717, 1.165) is 28.6 Å². The molecular weight excluding hydrogens is 487 g/mol. The number of halogens is 3. The van der Waals surface area contributed by atoms with Crippen molar-refractivity contribution in [2.45, 2.75) is 24.2 Å². The molecule has 1 aromatic carbocycles. The smallest absolute Gasteiger partial charge is 0.480 e. The van der Waals surface area contributed by atoms with Crippen LogP contribution in [0.3, 0.4) is 0 Å². The van der Waals surface area contributed by atoms with E-state index in [9.17, 15) is 31.5 Å². The van der Waals surface area contributed by atoms with Crippen LogP contribution >= 0.6 is 11.3 Å². The summed E-state index contributed by atoms with van der Waals surface area (Å²) < 4.78 is 68.4. The first-order chi connectivity index (χ1) is 15.4. The largest absolute Gasteiger partial charge is 0.573 e. The highest BCUT2D eigenvalue weighted by Crippen LogP contribution is 2.31. The summed E-state index contributed by atoms with van der Waals surface area (Å²) in [4.78, 5) is 26.0. The third-order valence-corrected chi connectivity index (χ3v) is 7.77. The molecule has 1 aliphatic rings. The fraction of sp³-hybridized carbons (Fsp3) is 0.333. The zero-order valence-electron chi connectivity index (χ0n) is 16.9. The second-order valence-electron chi connectivity index (χ2n) is 7.04. The van der Waals surface area contributed by atoms with E-state index in [1.54, 1.807) is 18.0 Å². The number of aliphatic carboxylic acids is 1. The molecule has 15 heteroatoms. The van der Waals surface area contributed by atoms with E-state index in [-0.39, 0.29) is 24.5 Å². The van der Waals surface area contributed by atoms with Gasteiger partial charge < -0.3 is 14.7 Å². The monoisotopic (exact) mass is 503 g/mol. The van der Waals surface area contributed by atoms with Gasteiger partial charge in [0.2, 0.25) is 10.0 Å². The van der Waals surface area contributed by atoms with E-state index in [2.05, 4.69) is 19.7 Å². The Morgan fingerprint density at radius 3 is 2.55 bits per heavy atom. The number of carboxylic acid groups (broad SMARTS) is 1. The van der Waals surface area contributed by atoms with Crippen LogP contribution in [-0.2, 0) is 14.8 Å². The van der Waals surface area contributed by atoms with Crippen molar-refractivity contribution in [2.24, 2.45) is 0 Å². The Balaban J connectivity index is 1.57. The maximum absolute atomic E-state index is 13.1. The number of anilines is 1. The van der Waals surface area contributed by atoms with Gasteiger partial charge in [0, 0.05) is 19.6 Å². The Hall–Kier alpha value is -3.04. The minimum atomic E-state index is -4.92. The highest BCUT2D eigenvalue weighted by molar-refractivity contribution is 7.89. The Morgan fingerprint density at radius 1 is 1.21 bits per heavy atom. The highest BCUT2D eigenvalue weighted by Gasteiger charge is 2.41. The molecule has 0 aliphatic carbocycles. The van der Waals surface area contributed by atoms with Crippen LogP contribution in [-0.4, -0.2) is 70.8 Å². The van der Waals surface area contributed by atoms with Gasteiger partial charge in [-0.15, -0.1) is 13.2 Å². The van der Waals surface area contributed by atoms with Crippen LogP contribution in [0.5, 0.6) is 5.75 Å². The summed E-state index contributed by atoms with van der Waals surface area (Å²) in [5, 5.41) is 10.2. The third kappa shape index (κ3) is 4.84. The number of carbonyl (C=O) groups is 1. The second-order valence-corrected chi connectivity index (χ2v) is 9.94. The molecule has 0 unspecified atom stereocenters. The number of sulfonamides is 1. The predicted molar refractivity (Wildman–Crippen MR) is 111 cm³/mol. The number of ether oxygens (including phenoxy) is 1. The van der Waals surface area contributed by atoms with Crippen LogP contribution in [0.25, 0.3) is 10.3 Å². The molecule has 3 heterocycles. The first-order valence-electron chi connectivity index (χ1n) is 9.39. The molecule has 1 atom stereocenters. The highest BCUT2D eigenvalue weighted by atomic mass is 32.2. The van der Waals surface area contributed by atoms with Crippen LogP contribution in [0.1, 0.15) is 5.82 Å². The Morgan fingerprint density at radius 2 is 1.91 bits per heavy atom. The van der Waals surface area contributed by atoms with Crippen molar-refractivity contribution >= 4 is 42.8 Å². The fourth-order valence-electron chi connectivity index (χ4n) is 3.32. The maximum atomic E-state index is 13.1. The van der Waals surface area contributed by atoms with Crippen molar-refractivity contribution in [3.63, 3.8) is 0 Å². The predicted octanol–water partition coefficient (Wildman–Crippen LogP) is 2.26. The number of hydrogen-bond donors (Lipinski definition) is 1. The third-order valence-electron chi connectivity index (χ3n) is 4.81. The van der Waals surface area contributed by atoms with E-state index >= 15 is 0 Å². The summed E-state index contributed by atoms with van der Waals surface area (Å²) in [6.45, 7) is 1.53. The molecule has 176 valence electrons. The molecule has 1 saturated heterocycles. The Kier molecular flexibility index (Phi) is 5.88. The topological polar surface area (TPSA) is 126 Å². The number of rotatable bonds is 5. The van der Waals surface area contributed by atoms with Gasteiger partial charge in [0.15, 0.2) is 10.8 Å². The number of nitrogens with zero attached hydrogens (tertiary/aromatic N) is 5. The van der Waals surface area contributed by atoms with Crippen molar-refractivity contribution in [1.29, 1.82) is 0 Å². The van der Waals surface area contributed by atoms with E-state index in [1.165, 1.54) is 11.3 Å². The zero-order valence-corrected chi connectivity index (χ0v) is 18.5. The molecule has 10 nitrogen and oxygen atoms in total. The average molecular weight is 503 g/mol. The van der Waals surface area contributed by atoms with Gasteiger partial charge in [-0.25, -0.2) is 18.4 Å². The summed E-state index contributed by atoms with van der Waals surface area (Å²) in [6.07, 6.45) is -3.31. The molecule has 0 radical (unpaired) electrons. The Bertz CT molecular complexity index is 1300. The SMILES string of the molecule is Cc1ncc2sc(N3CCN(S(=O)(=O)c4ccc(OC(F)(F)F)cc4)[C@@H](C(=O)O)C3)nc2n1. The van der Waals surface area contributed by atoms with E-state index in [1.807, 2.05) is 0 Å². The molecule has 0 amide bonds. The lowest BCUT2D eigenvalue weighted by molar-refractivity contribution is -0.274. The number of aryl methyl sites for hydroxylation is 1. The lowest BCUT2D eigenvalue weighted by Gasteiger charge is -2.38.